The summed E-state index contributed by atoms with van der Waals surface area (Å²) in [6.07, 6.45) is 0. The maximum Gasteiger partial charge on any atom is 0.0701 e. The lowest BCUT2D eigenvalue weighted by Gasteiger charge is -2.17. The first-order valence-electron chi connectivity index (χ1n) is 5.64. The molecule has 0 rings (SSSR count). The lowest BCUT2D eigenvalue weighted by atomic mass is 10.2. The highest BCUT2D eigenvalue weighted by Gasteiger charge is 2.09. The van der Waals surface area contributed by atoms with Crippen molar-refractivity contribution in [3.05, 3.63) is 0 Å². The summed E-state index contributed by atoms with van der Waals surface area (Å²) in [5.41, 5.74) is 0. The van der Waals surface area contributed by atoms with Gasteiger partial charge in [-0.1, -0.05) is 0 Å². The van der Waals surface area contributed by atoms with E-state index >= 15 is 0 Å². The first kappa shape index (κ1) is 16.2. The molecule has 0 aliphatic rings. The molecular formula is C11H25NO3S. The number of hydrogen-bond acceptors (Lipinski definition) is 5. The second-order valence-electron chi connectivity index (χ2n) is 4.21. The fourth-order valence-electron chi connectivity index (χ4n) is 1.00. The molecule has 16 heavy (non-hydrogen) atoms. The van der Waals surface area contributed by atoms with E-state index in [4.69, 9.17) is 14.2 Å². The molecule has 0 atom stereocenters. The third-order valence-corrected chi connectivity index (χ3v) is 1.94. The van der Waals surface area contributed by atoms with Crippen molar-refractivity contribution in [2.45, 2.75) is 18.6 Å². The zero-order chi connectivity index (χ0) is 12.3. The number of hydrogen-bond donors (Lipinski definition) is 2. The van der Waals surface area contributed by atoms with Crippen molar-refractivity contribution in [1.29, 1.82) is 0 Å². The third kappa shape index (κ3) is 14.2. The predicted octanol–water partition coefficient (Wildman–Crippen LogP) is 0.964. The number of methoxy groups -OCH3 is 1. The van der Waals surface area contributed by atoms with E-state index in [2.05, 4.69) is 31.8 Å². The first-order valence-corrected chi connectivity index (χ1v) is 6.08. The van der Waals surface area contributed by atoms with E-state index < -0.39 is 0 Å². The summed E-state index contributed by atoms with van der Waals surface area (Å²) in [5, 5.41) is 3.27. The summed E-state index contributed by atoms with van der Waals surface area (Å²) in [6.45, 7) is 9.12. The van der Waals surface area contributed by atoms with Gasteiger partial charge < -0.3 is 19.5 Å². The van der Waals surface area contributed by atoms with Crippen molar-refractivity contribution < 1.29 is 14.2 Å². The fourth-order valence-corrected chi connectivity index (χ4v) is 1.11. The smallest absolute Gasteiger partial charge is 0.0701 e. The molecule has 0 bridgehead atoms. The topological polar surface area (TPSA) is 39.7 Å². The Morgan fingerprint density at radius 3 is 2.12 bits per heavy atom. The minimum absolute atomic E-state index is 0.0310. The van der Waals surface area contributed by atoms with Crippen LogP contribution in [0, 0.1) is 0 Å². The summed E-state index contributed by atoms with van der Waals surface area (Å²) < 4.78 is 15.5. The molecule has 0 spiro atoms. The molecule has 0 aliphatic carbocycles. The molecular weight excluding hydrogens is 226 g/mol. The number of ether oxygens (including phenoxy) is 3. The van der Waals surface area contributed by atoms with Gasteiger partial charge in [-0.25, -0.2) is 0 Å². The lowest BCUT2D eigenvalue weighted by Crippen LogP contribution is -2.32. The molecule has 0 aliphatic heterocycles. The van der Waals surface area contributed by atoms with Crippen LogP contribution in [0.25, 0.3) is 0 Å². The quantitative estimate of drug-likeness (QED) is 0.424. The van der Waals surface area contributed by atoms with Gasteiger partial charge in [-0.05, 0) is 13.8 Å². The Kier molecular flexibility index (Phi) is 10.5. The Morgan fingerprint density at radius 2 is 1.56 bits per heavy atom. The van der Waals surface area contributed by atoms with Crippen LogP contribution < -0.4 is 5.32 Å². The summed E-state index contributed by atoms with van der Waals surface area (Å²) in [5.74, 6) is 0. The van der Waals surface area contributed by atoms with E-state index in [1.54, 1.807) is 7.11 Å². The van der Waals surface area contributed by atoms with Gasteiger partial charge in [0.05, 0.1) is 33.0 Å². The van der Waals surface area contributed by atoms with Gasteiger partial charge in [0, 0.05) is 24.9 Å². The van der Waals surface area contributed by atoms with Gasteiger partial charge in [0.2, 0.25) is 0 Å². The molecule has 0 aromatic carbocycles. The third-order valence-electron chi connectivity index (χ3n) is 1.78. The van der Waals surface area contributed by atoms with Crippen LogP contribution in [0.15, 0.2) is 0 Å². The standard InChI is InChI=1S/C11H25NO3S/c1-11(2,16)10-12-4-5-14-8-9-15-7-6-13-3/h12,16H,4-10H2,1-3H3. The largest absolute Gasteiger partial charge is 0.382 e. The van der Waals surface area contributed by atoms with Gasteiger partial charge in [0.15, 0.2) is 0 Å². The molecule has 4 nitrogen and oxygen atoms in total. The molecule has 1 N–H and O–H groups in total. The maximum absolute atomic E-state index is 5.38. The van der Waals surface area contributed by atoms with Crippen LogP contribution in [0.5, 0.6) is 0 Å². The molecule has 0 heterocycles. The van der Waals surface area contributed by atoms with Gasteiger partial charge in [-0.2, -0.15) is 12.6 Å². The molecule has 5 heteroatoms. The second-order valence-corrected chi connectivity index (χ2v) is 5.42. The Balaban J connectivity index is 2.99. The highest BCUT2D eigenvalue weighted by molar-refractivity contribution is 7.81. The Hall–Kier alpha value is 0.190. The Morgan fingerprint density at radius 1 is 1.00 bits per heavy atom. The van der Waals surface area contributed by atoms with Gasteiger partial charge in [0.25, 0.3) is 0 Å². The fraction of sp³-hybridized carbons (Fsp3) is 1.00. The van der Waals surface area contributed by atoms with Gasteiger partial charge in [0.1, 0.15) is 0 Å². The lowest BCUT2D eigenvalue weighted by molar-refractivity contribution is 0.0255. The normalized spacial score (nSPS) is 12.0. The monoisotopic (exact) mass is 251 g/mol. The number of thiol groups is 1. The molecule has 0 aromatic rings. The van der Waals surface area contributed by atoms with Crippen LogP contribution in [0.3, 0.4) is 0 Å². The Labute approximate surface area is 104 Å². The van der Waals surface area contributed by atoms with E-state index in [9.17, 15) is 0 Å². The zero-order valence-corrected chi connectivity index (χ0v) is 11.5. The SMILES string of the molecule is COCCOCCOCCNCC(C)(C)S. The van der Waals surface area contributed by atoms with Crippen LogP contribution in [0.2, 0.25) is 0 Å². The van der Waals surface area contributed by atoms with E-state index in [1.165, 1.54) is 0 Å². The highest BCUT2D eigenvalue weighted by atomic mass is 32.1. The van der Waals surface area contributed by atoms with E-state index in [0.29, 0.717) is 33.0 Å². The van der Waals surface area contributed by atoms with Crippen LogP contribution in [0.1, 0.15) is 13.8 Å². The second kappa shape index (κ2) is 10.4. The average Bonchev–Trinajstić information content (AvgIpc) is 2.19. The van der Waals surface area contributed by atoms with Crippen molar-refractivity contribution >= 4 is 12.6 Å². The van der Waals surface area contributed by atoms with Crippen LogP contribution in [-0.2, 0) is 14.2 Å². The van der Waals surface area contributed by atoms with Gasteiger partial charge in [-0.15, -0.1) is 0 Å². The highest BCUT2D eigenvalue weighted by Crippen LogP contribution is 2.08. The minimum atomic E-state index is 0.0310. The summed E-state index contributed by atoms with van der Waals surface area (Å²) in [7, 11) is 1.66. The summed E-state index contributed by atoms with van der Waals surface area (Å²) in [4.78, 5) is 0. The molecule has 0 amide bonds. The van der Waals surface area contributed by atoms with Gasteiger partial charge >= 0.3 is 0 Å². The van der Waals surface area contributed by atoms with Crippen LogP contribution >= 0.6 is 12.6 Å². The average molecular weight is 251 g/mol. The van der Waals surface area contributed by atoms with Crippen molar-refractivity contribution in [3.8, 4) is 0 Å². The zero-order valence-electron chi connectivity index (χ0n) is 10.6. The summed E-state index contributed by atoms with van der Waals surface area (Å²) >= 11 is 4.41. The van der Waals surface area contributed by atoms with Crippen molar-refractivity contribution in [3.63, 3.8) is 0 Å². The van der Waals surface area contributed by atoms with Crippen molar-refractivity contribution in [2.24, 2.45) is 0 Å². The molecule has 0 saturated heterocycles. The number of nitrogens with one attached hydrogen (secondary N) is 1. The van der Waals surface area contributed by atoms with Crippen molar-refractivity contribution in [2.75, 3.05) is 53.2 Å². The molecule has 0 fully saturated rings. The first-order chi connectivity index (χ1) is 7.56. The molecule has 0 radical (unpaired) electrons. The Bertz CT molecular complexity index is 151. The maximum atomic E-state index is 5.38. The molecule has 0 aromatic heterocycles. The van der Waals surface area contributed by atoms with Gasteiger partial charge in [-0.3, -0.25) is 0 Å². The molecule has 0 unspecified atom stereocenters. The molecule has 0 saturated carbocycles. The minimum Gasteiger partial charge on any atom is -0.382 e. The van der Waals surface area contributed by atoms with Crippen LogP contribution in [-0.4, -0.2) is 58.0 Å². The van der Waals surface area contributed by atoms with Crippen molar-refractivity contribution in [1.82, 2.24) is 5.32 Å². The number of rotatable bonds is 11. The molecule has 98 valence electrons. The predicted molar refractivity (Wildman–Crippen MR) is 69.4 cm³/mol. The summed E-state index contributed by atoms with van der Waals surface area (Å²) in [6, 6.07) is 0. The van der Waals surface area contributed by atoms with Crippen LogP contribution in [0.4, 0.5) is 0 Å². The van der Waals surface area contributed by atoms with E-state index in [1.807, 2.05) is 0 Å². The van der Waals surface area contributed by atoms with E-state index in [-0.39, 0.29) is 4.75 Å². The van der Waals surface area contributed by atoms with E-state index in [0.717, 1.165) is 13.1 Å².